The van der Waals surface area contributed by atoms with Crippen LogP contribution in [-0.2, 0) is 14.3 Å². The lowest BCUT2D eigenvalue weighted by molar-refractivity contribution is -0.947. The van der Waals surface area contributed by atoms with Crippen molar-refractivity contribution < 1.29 is 18.8 Å². The maximum atomic E-state index is 13.9. The Morgan fingerprint density at radius 2 is 1.43 bits per heavy atom. The molecule has 5 unspecified atom stereocenters. The Balaban J connectivity index is 1.21. The summed E-state index contributed by atoms with van der Waals surface area (Å²) < 4.78 is 7.16. The van der Waals surface area contributed by atoms with Gasteiger partial charge in [0.15, 0.2) is 6.04 Å². The van der Waals surface area contributed by atoms with E-state index in [-0.39, 0.29) is 36.1 Å². The molecule has 44 heavy (non-hydrogen) atoms. The lowest BCUT2D eigenvalue weighted by atomic mass is 9.95. The number of benzene rings is 2. The second-order valence-electron chi connectivity index (χ2n) is 13.8. The second-order valence-corrected chi connectivity index (χ2v) is 13.8. The van der Waals surface area contributed by atoms with Crippen LogP contribution in [0.2, 0.25) is 0 Å². The topological polar surface area (TPSA) is 74.0 Å². The third kappa shape index (κ3) is 7.55. The van der Waals surface area contributed by atoms with Crippen molar-refractivity contribution in [3.05, 3.63) is 58.7 Å². The Kier molecular flexibility index (Phi) is 10.8. The van der Waals surface area contributed by atoms with Gasteiger partial charge < -0.3 is 19.9 Å². The average Bonchev–Trinajstić information content (AvgIpc) is 3.76. The zero-order valence-corrected chi connectivity index (χ0v) is 27.8. The number of rotatable bonds is 12. The van der Waals surface area contributed by atoms with Gasteiger partial charge in [-0.25, -0.2) is 0 Å². The third-order valence-electron chi connectivity index (χ3n) is 10.6. The van der Waals surface area contributed by atoms with E-state index in [1.807, 2.05) is 6.07 Å². The van der Waals surface area contributed by atoms with E-state index in [4.69, 9.17) is 4.74 Å². The molecule has 5 atom stereocenters. The van der Waals surface area contributed by atoms with Gasteiger partial charge >= 0.3 is 0 Å². The molecule has 0 aromatic heterocycles. The monoisotopic (exact) mass is 603 g/mol. The number of epoxide rings is 1. The van der Waals surface area contributed by atoms with E-state index < -0.39 is 0 Å². The van der Waals surface area contributed by atoms with Crippen LogP contribution in [0.5, 0.6) is 0 Å². The number of hydrogen-bond acceptors (Lipinski definition) is 4. The summed E-state index contributed by atoms with van der Waals surface area (Å²) in [5.41, 5.74) is 6.36. The molecule has 0 spiro atoms. The fourth-order valence-electron chi connectivity index (χ4n) is 7.85. The normalized spacial score (nSPS) is 27.1. The molecule has 7 nitrogen and oxygen atoms in total. The number of quaternary nitrogens is 1. The van der Waals surface area contributed by atoms with Gasteiger partial charge in [0.1, 0.15) is 0 Å². The molecule has 0 radical (unpaired) electrons. The molecular weight excluding hydrogens is 548 g/mol. The summed E-state index contributed by atoms with van der Waals surface area (Å²) in [4.78, 5) is 29.7. The number of nitrogens with one attached hydrogen (secondary N) is 2. The van der Waals surface area contributed by atoms with Crippen molar-refractivity contribution in [2.75, 3.05) is 43.4 Å². The fraction of sp³-hybridized carbons (Fsp3) is 0.622. The van der Waals surface area contributed by atoms with Crippen LogP contribution in [0.1, 0.15) is 87.0 Å². The molecule has 2 aromatic rings. The predicted octanol–water partition coefficient (Wildman–Crippen LogP) is 6.68. The van der Waals surface area contributed by atoms with E-state index in [1.165, 1.54) is 6.42 Å². The van der Waals surface area contributed by atoms with Gasteiger partial charge in [0.05, 0.1) is 37.9 Å². The van der Waals surface area contributed by atoms with Gasteiger partial charge in [0.2, 0.25) is 5.91 Å². The first kappa shape index (κ1) is 32.6. The number of piperidine rings is 2. The van der Waals surface area contributed by atoms with Gasteiger partial charge in [0, 0.05) is 30.8 Å². The molecule has 3 fully saturated rings. The Morgan fingerprint density at radius 1 is 0.818 bits per heavy atom. The predicted molar refractivity (Wildman–Crippen MR) is 179 cm³/mol. The van der Waals surface area contributed by atoms with Gasteiger partial charge in [-0.1, -0.05) is 56.2 Å². The molecule has 3 heterocycles. The number of carbonyl (C=O) groups is 2. The molecule has 2 amide bonds. The van der Waals surface area contributed by atoms with Crippen LogP contribution in [0.4, 0.5) is 11.4 Å². The van der Waals surface area contributed by atoms with Crippen molar-refractivity contribution in [1.82, 2.24) is 4.90 Å². The molecule has 3 saturated heterocycles. The van der Waals surface area contributed by atoms with E-state index in [9.17, 15) is 9.59 Å². The summed E-state index contributed by atoms with van der Waals surface area (Å²) in [6.45, 7) is 15.3. The summed E-state index contributed by atoms with van der Waals surface area (Å²) in [5, 5.41) is 6.61. The number of anilines is 2. The molecule has 3 aliphatic rings. The van der Waals surface area contributed by atoms with Crippen LogP contribution >= 0.6 is 0 Å². The highest BCUT2D eigenvalue weighted by molar-refractivity contribution is 5.96. The molecular formula is C37H55N4O3+. The summed E-state index contributed by atoms with van der Waals surface area (Å²) in [6, 6.07) is 12.2. The van der Waals surface area contributed by atoms with Gasteiger partial charge in [-0.05, 0) is 88.6 Å². The number of para-hydroxylation sites is 2. The molecule has 2 aromatic carbocycles. The van der Waals surface area contributed by atoms with Gasteiger partial charge in [0.25, 0.3) is 5.91 Å². The molecule has 0 bridgehead atoms. The molecule has 0 aliphatic carbocycles. The number of hydrogen-bond donors (Lipinski definition) is 2. The van der Waals surface area contributed by atoms with Crippen LogP contribution in [0, 0.1) is 27.7 Å². The van der Waals surface area contributed by atoms with E-state index in [2.05, 4.69) is 80.5 Å². The first-order chi connectivity index (χ1) is 21.2. The van der Waals surface area contributed by atoms with Crippen molar-refractivity contribution in [2.45, 2.75) is 117 Å². The van der Waals surface area contributed by atoms with E-state index in [1.54, 1.807) is 0 Å². The first-order valence-electron chi connectivity index (χ1n) is 17.2. The second kappa shape index (κ2) is 14.6. The van der Waals surface area contributed by atoms with Crippen molar-refractivity contribution in [2.24, 2.45) is 0 Å². The molecule has 3 aliphatic heterocycles. The lowest BCUT2D eigenvalue weighted by Gasteiger charge is -2.47. The Bertz CT molecular complexity index is 1270. The maximum absolute atomic E-state index is 13.9. The first-order valence-corrected chi connectivity index (χ1v) is 17.2. The zero-order valence-electron chi connectivity index (χ0n) is 27.8. The highest BCUT2D eigenvalue weighted by atomic mass is 16.6. The summed E-state index contributed by atoms with van der Waals surface area (Å²) in [5.74, 6) is 0.284. The number of ether oxygens (including phenoxy) is 1. The van der Waals surface area contributed by atoms with E-state index >= 15 is 0 Å². The number of amides is 2. The van der Waals surface area contributed by atoms with Crippen molar-refractivity contribution in [3.63, 3.8) is 0 Å². The fourth-order valence-corrected chi connectivity index (χ4v) is 7.85. The van der Waals surface area contributed by atoms with Gasteiger partial charge in [-0.3, -0.25) is 14.5 Å². The number of carbonyl (C=O) groups excluding carboxylic acids is 2. The highest BCUT2D eigenvalue weighted by Crippen LogP contribution is 2.34. The number of unbranched alkanes of at least 4 members (excludes halogenated alkanes) is 1. The van der Waals surface area contributed by atoms with Crippen molar-refractivity contribution in [1.29, 1.82) is 0 Å². The maximum Gasteiger partial charge on any atom is 0.282 e. The Morgan fingerprint density at radius 3 is 2.07 bits per heavy atom. The SMILES string of the molecule is CCCC[N+]1(CCC2OC2CN2CCCCC2C(=O)Nc2c(C)cccc2C)CCCCC1C(=O)Nc1c(C)cccc1C. The van der Waals surface area contributed by atoms with Crippen LogP contribution in [0.3, 0.4) is 0 Å². The van der Waals surface area contributed by atoms with Crippen molar-refractivity contribution >= 4 is 23.2 Å². The molecule has 7 heteroatoms. The van der Waals surface area contributed by atoms with Gasteiger partial charge in [-0.15, -0.1) is 0 Å². The van der Waals surface area contributed by atoms with E-state index in [0.29, 0.717) is 0 Å². The minimum Gasteiger partial charge on any atom is -0.368 e. The molecule has 5 rings (SSSR count). The molecule has 240 valence electrons. The largest absolute Gasteiger partial charge is 0.368 e. The number of likely N-dealkylation sites (tertiary alicyclic amines) is 2. The Labute approximate surface area is 265 Å². The van der Waals surface area contributed by atoms with Crippen LogP contribution < -0.4 is 10.6 Å². The van der Waals surface area contributed by atoms with Crippen LogP contribution in [0.25, 0.3) is 0 Å². The minimum absolute atomic E-state index is 0.0217. The summed E-state index contributed by atoms with van der Waals surface area (Å²) in [6.07, 6.45) is 9.94. The summed E-state index contributed by atoms with van der Waals surface area (Å²) >= 11 is 0. The molecule has 2 N–H and O–H groups in total. The van der Waals surface area contributed by atoms with Crippen LogP contribution in [0.15, 0.2) is 36.4 Å². The van der Waals surface area contributed by atoms with Gasteiger partial charge in [-0.2, -0.15) is 0 Å². The van der Waals surface area contributed by atoms with Crippen LogP contribution in [-0.4, -0.2) is 78.2 Å². The highest BCUT2D eigenvalue weighted by Gasteiger charge is 2.48. The zero-order chi connectivity index (χ0) is 31.3. The number of nitrogens with zero attached hydrogens (tertiary/aromatic N) is 2. The average molecular weight is 604 g/mol. The number of aryl methyl sites for hydroxylation is 4. The standard InChI is InChI=1S/C37H54N4O3/c1-6-7-22-41(23-11-9-19-31(41)37(43)39-35-28(4)16-13-17-29(35)5)24-20-32-33(44-32)25-40-21-10-8-18-30(40)36(42)38-34-26(2)14-12-15-27(34)3/h12-17,30-33H,6-11,18-25H2,1-5H3,(H-,38,39,42,43)/p+1. The molecule has 0 saturated carbocycles. The van der Waals surface area contributed by atoms with E-state index in [0.717, 1.165) is 122 Å². The van der Waals surface area contributed by atoms with Crippen molar-refractivity contribution in [3.8, 4) is 0 Å². The Hall–Kier alpha value is -2.74. The lowest BCUT2D eigenvalue weighted by Crippen LogP contribution is -2.63. The summed E-state index contributed by atoms with van der Waals surface area (Å²) in [7, 11) is 0. The minimum atomic E-state index is -0.115. The quantitative estimate of drug-likeness (QED) is 0.210. The third-order valence-corrected chi connectivity index (χ3v) is 10.6. The smallest absolute Gasteiger partial charge is 0.282 e.